The van der Waals surface area contributed by atoms with Crippen molar-refractivity contribution in [2.75, 3.05) is 13.7 Å². The summed E-state index contributed by atoms with van der Waals surface area (Å²) in [6.07, 6.45) is 0.667. The van der Waals surface area contributed by atoms with Gasteiger partial charge in [0.1, 0.15) is 11.5 Å². The maximum Gasteiger partial charge on any atom is 0.305 e. The first-order valence-electron chi connectivity index (χ1n) is 8.36. The summed E-state index contributed by atoms with van der Waals surface area (Å²) in [5, 5.41) is 12.7. The van der Waals surface area contributed by atoms with E-state index in [0.717, 1.165) is 22.6 Å². The number of methoxy groups -OCH3 is 1. The Morgan fingerprint density at radius 1 is 1.24 bits per heavy atom. The first-order chi connectivity index (χ1) is 12.0. The van der Waals surface area contributed by atoms with Gasteiger partial charge in [-0.3, -0.25) is 4.79 Å². The van der Waals surface area contributed by atoms with Crippen LogP contribution in [0.3, 0.4) is 0 Å². The summed E-state index contributed by atoms with van der Waals surface area (Å²) >= 11 is 0. The Balaban J connectivity index is 1.82. The number of ether oxygens (including phenoxy) is 2. The van der Waals surface area contributed by atoms with Crippen LogP contribution in [0.1, 0.15) is 24.0 Å². The van der Waals surface area contributed by atoms with Gasteiger partial charge in [0.05, 0.1) is 18.1 Å². The molecule has 132 valence electrons. The molecule has 3 rings (SSSR count). The van der Waals surface area contributed by atoms with E-state index >= 15 is 0 Å². The highest BCUT2D eigenvalue weighted by Gasteiger charge is 2.42. The zero-order valence-corrected chi connectivity index (χ0v) is 14.5. The molecule has 1 saturated heterocycles. The topological polar surface area (TPSA) is 67.8 Å². The molecule has 1 aliphatic heterocycles. The quantitative estimate of drug-likeness (QED) is 0.842. The Bertz CT molecular complexity index is 744. The van der Waals surface area contributed by atoms with Crippen molar-refractivity contribution in [3.8, 4) is 11.5 Å². The Hall–Kier alpha value is -2.37. The largest absolute Gasteiger partial charge is 0.481 e. The molecule has 2 atom stereocenters. The van der Waals surface area contributed by atoms with Crippen LogP contribution in [0.15, 0.2) is 48.5 Å². The standard InChI is InChI=1S/C20H23NO4/c1-14-5-3-4-6-18(14)25-16-9-7-15(8-10-16)20(12-19(22)23)11-17(24-2)13-21-20/h3-10,17,21H,11-13H2,1-2H3,(H,22,23)/t17-,20-/m0/s1. The molecule has 0 saturated carbocycles. The molecule has 0 radical (unpaired) electrons. The number of rotatable bonds is 6. The smallest absolute Gasteiger partial charge is 0.305 e. The fraction of sp³-hybridized carbons (Fsp3) is 0.350. The van der Waals surface area contributed by atoms with E-state index in [4.69, 9.17) is 9.47 Å². The van der Waals surface area contributed by atoms with Gasteiger partial charge in [0.15, 0.2) is 0 Å². The van der Waals surface area contributed by atoms with Crippen molar-refractivity contribution in [2.45, 2.75) is 31.4 Å². The molecule has 5 heteroatoms. The second-order valence-corrected chi connectivity index (χ2v) is 6.49. The Morgan fingerprint density at radius 2 is 1.96 bits per heavy atom. The molecule has 25 heavy (non-hydrogen) atoms. The maximum atomic E-state index is 11.4. The van der Waals surface area contributed by atoms with Crippen LogP contribution in [0.4, 0.5) is 0 Å². The van der Waals surface area contributed by atoms with Gasteiger partial charge in [0.25, 0.3) is 0 Å². The van der Waals surface area contributed by atoms with Crippen molar-refractivity contribution in [1.29, 1.82) is 0 Å². The second kappa shape index (κ2) is 7.25. The van der Waals surface area contributed by atoms with Crippen LogP contribution in [0.2, 0.25) is 0 Å². The number of aliphatic carboxylic acids is 1. The molecule has 5 nitrogen and oxygen atoms in total. The third-order valence-corrected chi connectivity index (χ3v) is 4.76. The number of carboxylic acid groups (broad SMARTS) is 1. The number of carboxylic acids is 1. The number of hydrogen-bond donors (Lipinski definition) is 2. The van der Waals surface area contributed by atoms with Gasteiger partial charge >= 0.3 is 5.97 Å². The van der Waals surface area contributed by atoms with E-state index in [1.54, 1.807) is 7.11 Å². The molecule has 2 aromatic rings. The number of hydrogen-bond acceptors (Lipinski definition) is 4. The summed E-state index contributed by atoms with van der Waals surface area (Å²) in [5.41, 5.74) is 1.40. The lowest BCUT2D eigenvalue weighted by Gasteiger charge is -2.28. The van der Waals surface area contributed by atoms with Gasteiger partial charge in [-0.25, -0.2) is 0 Å². The molecule has 0 aliphatic carbocycles. The summed E-state index contributed by atoms with van der Waals surface area (Å²) in [4.78, 5) is 11.4. The van der Waals surface area contributed by atoms with Gasteiger partial charge in [-0.05, 0) is 42.7 Å². The Morgan fingerprint density at radius 3 is 2.56 bits per heavy atom. The number of carbonyl (C=O) groups is 1. The van der Waals surface area contributed by atoms with E-state index < -0.39 is 11.5 Å². The number of nitrogens with one attached hydrogen (secondary N) is 1. The minimum absolute atomic E-state index is 0.0160. The van der Waals surface area contributed by atoms with Crippen LogP contribution < -0.4 is 10.1 Å². The molecule has 1 aliphatic rings. The van der Waals surface area contributed by atoms with Crippen molar-refractivity contribution in [3.05, 3.63) is 59.7 Å². The first-order valence-corrected chi connectivity index (χ1v) is 8.36. The molecule has 0 amide bonds. The molecule has 0 spiro atoms. The summed E-state index contributed by atoms with van der Waals surface area (Å²) < 4.78 is 11.3. The fourth-order valence-electron chi connectivity index (χ4n) is 3.36. The molecule has 2 aromatic carbocycles. The molecule has 1 fully saturated rings. The van der Waals surface area contributed by atoms with E-state index in [9.17, 15) is 9.90 Å². The van der Waals surface area contributed by atoms with Gasteiger partial charge in [0.2, 0.25) is 0 Å². The summed E-state index contributed by atoms with van der Waals surface area (Å²) in [5.74, 6) is 0.711. The van der Waals surface area contributed by atoms with Crippen LogP contribution in [0.5, 0.6) is 11.5 Å². The number of benzene rings is 2. The van der Waals surface area contributed by atoms with Crippen molar-refractivity contribution in [1.82, 2.24) is 5.32 Å². The van der Waals surface area contributed by atoms with E-state index in [-0.39, 0.29) is 12.5 Å². The lowest BCUT2D eigenvalue weighted by atomic mass is 9.84. The van der Waals surface area contributed by atoms with E-state index in [1.165, 1.54) is 0 Å². The van der Waals surface area contributed by atoms with Gasteiger partial charge in [-0.2, -0.15) is 0 Å². The van der Waals surface area contributed by atoms with Gasteiger partial charge in [0, 0.05) is 13.7 Å². The highest BCUT2D eigenvalue weighted by Crippen LogP contribution is 2.36. The van der Waals surface area contributed by atoms with Gasteiger partial charge in [-0.15, -0.1) is 0 Å². The monoisotopic (exact) mass is 341 g/mol. The van der Waals surface area contributed by atoms with Crippen LogP contribution in [0, 0.1) is 6.92 Å². The van der Waals surface area contributed by atoms with Gasteiger partial charge < -0.3 is 19.9 Å². The normalized spacial score (nSPS) is 22.7. The highest BCUT2D eigenvalue weighted by atomic mass is 16.5. The second-order valence-electron chi connectivity index (χ2n) is 6.49. The summed E-state index contributed by atoms with van der Waals surface area (Å²) in [7, 11) is 1.66. The average molecular weight is 341 g/mol. The van der Waals surface area contributed by atoms with E-state index in [1.807, 2.05) is 55.5 Å². The maximum absolute atomic E-state index is 11.4. The zero-order chi connectivity index (χ0) is 17.9. The molecule has 0 aromatic heterocycles. The van der Waals surface area contributed by atoms with Crippen LogP contribution in [0.25, 0.3) is 0 Å². The lowest BCUT2D eigenvalue weighted by molar-refractivity contribution is -0.138. The van der Waals surface area contributed by atoms with Crippen LogP contribution in [-0.2, 0) is 15.1 Å². The predicted molar refractivity (Wildman–Crippen MR) is 95.0 cm³/mol. The molecule has 2 N–H and O–H groups in total. The van der Waals surface area contributed by atoms with Crippen LogP contribution in [-0.4, -0.2) is 30.8 Å². The Labute approximate surface area is 147 Å². The minimum atomic E-state index is -0.829. The third kappa shape index (κ3) is 3.83. The molecule has 0 unspecified atom stereocenters. The zero-order valence-electron chi connectivity index (χ0n) is 14.5. The average Bonchev–Trinajstić information content (AvgIpc) is 3.01. The van der Waals surface area contributed by atoms with Gasteiger partial charge in [-0.1, -0.05) is 30.3 Å². The SMILES string of the molecule is CO[C@@H]1CN[C@@](CC(=O)O)(c2ccc(Oc3ccccc3C)cc2)C1. The first kappa shape index (κ1) is 17.5. The van der Waals surface area contributed by atoms with Crippen molar-refractivity contribution in [3.63, 3.8) is 0 Å². The molecular formula is C20H23NO4. The fourth-order valence-corrected chi connectivity index (χ4v) is 3.36. The van der Waals surface area contributed by atoms with E-state index in [2.05, 4.69) is 5.32 Å². The van der Waals surface area contributed by atoms with Crippen molar-refractivity contribution in [2.24, 2.45) is 0 Å². The molecule has 0 bridgehead atoms. The summed E-state index contributed by atoms with van der Waals surface area (Å²) in [6, 6.07) is 15.5. The van der Waals surface area contributed by atoms with Crippen molar-refractivity contribution >= 4 is 5.97 Å². The predicted octanol–water partition coefficient (Wildman–Crippen LogP) is 3.47. The van der Waals surface area contributed by atoms with Crippen LogP contribution >= 0.6 is 0 Å². The molecular weight excluding hydrogens is 318 g/mol. The number of aryl methyl sites for hydroxylation is 1. The lowest BCUT2D eigenvalue weighted by Crippen LogP contribution is -2.38. The highest BCUT2D eigenvalue weighted by molar-refractivity contribution is 5.69. The molecule has 1 heterocycles. The van der Waals surface area contributed by atoms with E-state index in [0.29, 0.717) is 13.0 Å². The van der Waals surface area contributed by atoms with Crippen molar-refractivity contribution < 1.29 is 19.4 Å². The number of para-hydroxylation sites is 1. The summed E-state index contributed by atoms with van der Waals surface area (Å²) in [6.45, 7) is 2.64. The minimum Gasteiger partial charge on any atom is -0.481 e. The Kier molecular flexibility index (Phi) is 5.06. The third-order valence-electron chi connectivity index (χ3n) is 4.76.